The maximum absolute atomic E-state index is 8.60. The van der Waals surface area contributed by atoms with Crippen LogP contribution < -0.4 is 0 Å². The van der Waals surface area contributed by atoms with Crippen LogP contribution >= 0.6 is 11.3 Å². The van der Waals surface area contributed by atoms with Crippen LogP contribution in [0.15, 0.2) is 16.8 Å². The van der Waals surface area contributed by atoms with Crippen LogP contribution in [0.2, 0.25) is 0 Å². The highest BCUT2D eigenvalue weighted by atomic mass is 32.1. The Bertz CT molecular complexity index is 298. The molecule has 0 unspecified atom stereocenters. The quantitative estimate of drug-likeness (QED) is 0.739. The monoisotopic (exact) mass is 222 g/mol. The van der Waals surface area contributed by atoms with Crippen molar-refractivity contribution in [2.45, 2.75) is 26.8 Å². The molecule has 0 N–H and O–H groups in total. The van der Waals surface area contributed by atoms with Crippen LogP contribution in [0.3, 0.4) is 0 Å². The van der Waals surface area contributed by atoms with Crippen molar-refractivity contribution in [1.82, 2.24) is 4.90 Å². The van der Waals surface area contributed by atoms with Crippen molar-refractivity contribution in [2.75, 3.05) is 13.1 Å². The smallest absolute Gasteiger partial charge is 0.0635 e. The molecule has 0 bridgehead atoms. The average molecular weight is 222 g/mol. The highest BCUT2D eigenvalue weighted by Crippen LogP contribution is 2.11. The van der Waals surface area contributed by atoms with E-state index < -0.39 is 0 Å². The molecule has 15 heavy (non-hydrogen) atoms. The van der Waals surface area contributed by atoms with Gasteiger partial charge in [-0.25, -0.2) is 0 Å². The van der Waals surface area contributed by atoms with Crippen molar-refractivity contribution in [3.63, 3.8) is 0 Å². The second kappa shape index (κ2) is 6.60. The lowest BCUT2D eigenvalue weighted by Gasteiger charge is -2.22. The summed E-state index contributed by atoms with van der Waals surface area (Å²) < 4.78 is 0. The van der Waals surface area contributed by atoms with Crippen molar-refractivity contribution < 1.29 is 0 Å². The predicted octanol–water partition coefficient (Wildman–Crippen LogP) is 3.12. The van der Waals surface area contributed by atoms with Gasteiger partial charge < -0.3 is 0 Å². The minimum atomic E-state index is 0.622. The van der Waals surface area contributed by atoms with E-state index in [-0.39, 0.29) is 0 Å². The van der Waals surface area contributed by atoms with E-state index in [9.17, 15) is 0 Å². The van der Waals surface area contributed by atoms with Crippen LogP contribution in [-0.4, -0.2) is 18.0 Å². The first-order valence-corrected chi connectivity index (χ1v) is 6.27. The maximum Gasteiger partial charge on any atom is 0.0635 e. The third kappa shape index (κ3) is 4.96. The van der Waals surface area contributed by atoms with Gasteiger partial charge in [0.1, 0.15) is 0 Å². The van der Waals surface area contributed by atoms with Crippen molar-refractivity contribution in [1.29, 1.82) is 5.26 Å². The largest absolute Gasteiger partial charge is 0.298 e. The summed E-state index contributed by atoms with van der Waals surface area (Å²) in [4.78, 5) is 2.36. The number of nitriles is 1. The van der Waals surface area contributed by atoms with Gasteiger partial charge in [0, 0.05) is 26.1 Å². The van der Waals surface area contributed by atoms with Crippen molar-refractivity contribution in [3.8, 4) is 6.07 Å². The van der Waals surface area contributed by atoms with Crippen molar-refractivity contribution in [3.05, 3.63) is 22.4 Å². The molecular formula is C12H18N2S. The number of hydrogen-bond donors (Lipinski definition) is 0. The zero-order chi connectivity index (χ0) is 11.1. The Hall–Kier alpha value is -0.850. The van der Waals surface area contributed by atoms with Gasteiger partial charge >= 0.3 is 0 Å². The second-order valence-corrected chi connectivity index (χ2v) is 4.95. The fraction of sp³-hybridized carbons (Fsp3) is 0.583. The van der Waals surface area contributed by atoms with Crippen molar-refractivity contribution in [2.24, 2.45) is 5.92 Å². The summed E-state index contributed by atoms with van der Waals surface area (Å²) in [5, 5.41) is 12.9. The lowest BCUT2D eigenvalue weighted by molar-refractivity contribution is 0.241. The van der Waals surface area contributed by atoms with Gasteiger partial charge in [-0.1, -0.05) is 13.8 Å². The van der Waals surface area contributed by atoms with Crippen LogP contribution in [0.4, 0.5) is 0 Å². The van der Waals surface area contributed by atoms with Gasteiger partial charge in [0.05, 0.1) is 6.07 Å². The summed E-state index contributed by atoms with van der Waals surface area (Å²) in [6.45, 7) is 7.35. The number of thiophene rings is 1. The highest BCUT2D eigenvalue weighted by Gasteiger charge is 2.07. The predicted molar refractivity (Wildman–Crippen MR) is 64.7 cm³/mol. The van der Waals surface area contributed by atoms with Gasteiger partial charge in [0.2, 0.25) is 0 Å². The van der Waals surface area contributed by atoms with Crippen LogP contribution in [0.1, 0.15) is 25.8 Å². The van der Waals surface area contributed by atoms with E-state index in [4.69, 9.17) is 5.26 Å². The lowest BCUT2D eigenvalue weighted by atomic mass is 10.2. The van der Waals surface area contributed by atoms with Gasteiger partial charge in [-0.2, -0.15) is 16.6 Å². The van der Waals surface area contributed by atoms with Crippen molar-refractivity contribution >= 4 is 11.3 Å². The van der Waals surface area contributed by atoms with E-state index in [1.54, 1.807) is 11.3 Å². The molecule has 0 aromatic carbocycles. The van der Waals surface area contributed by atoms with Crippen LogP contribution in [0.5, 0.6) is 0 Å². The molecule has 0 saturated heterocycles. The number of nitrogens with zero attached hydrogens (tertiary/aromatic N) is 2. The molecule has 0 aliphatic heterocycles. The van der Waals surface area contributed by atoms with Crippen LogP contribution in [-0.2, 0) is 6.54 Å². The molecular weight excluding hydrogens is 204 g/mol. The number of hydrogen-bond acceptors (Lipinski definition) is 3. The second-order valence-electron chi connectivity index (χ2n) is 4.17. The van der Waals surface area contributed by atoms with Gasteiger partial charge in [-0.3, -0.25) is 4.90 Å². The third-order valence-electron chi connectivity index (χ3n) is 2.15. The molecule has 1 aromatic heterocycles. The molecule has 0 amide bonds. The van der Waals surface area contributed by atoms with E-state index in [2.05, 4.69) is 41.6 Å². The highest BCUT2D eigenvalue weighted by molar-refractivity contribution is 7.07. The topological polar surface area (TPSA) is 27.0 Å². The average Bonchev–Trinajstić information content (AvgIpc) is 2.66. The van der Waals surface area contributed by atoms with Gasteiger partial charge in [0.25, 0.3) is 0 Å². The minimum absolute atomic E-state index is 0.622. The molecule has 3 heteroatoms. The zero-order valence-corrected chi connectivity index (χ0v) is 10.3. The molecule has 0 radical (unpaired) electrons. The van der Waals surface area contributed by atoms with Gasteiger partial charge in [-0.15, -0.1) is 0 Å². The Labute approximate surface area is 96.1 Å². The lowest BCUT2D eigenvalue weighted by Crippen LogP contribution is -2.28. The first-order valence-electron chi connectivity index (χ1n) is 5.32. The van der Waals surface area contributed by atoms with Gasteiger partial charge in [-0.05, 0) is 28.3 Å². The first kappa shape index (κ1) is 12.2. The third-order valence-corrected chi connectivity index (χ3v) is 2.88. The Balaban J connectivity index is 2.45. The van der Waals surface area contributed by atoms with Crippen LogP contribution in [0, 0.1) is 17.2 Å². The summed E-state index contributed by atoms with van der Waals surface area (Å²) in [5.41, 5.74) is 1.36. The molecule has 0 aliphatic rings. The zero-order valence-electron chi connectivity index (χ0n) is 9.44. The Morgan fingerprint density at radius 3 is 2.87 bits per heavy atom. The molecule has 2 nitrogen and oxygen atoms in total. The standard InChI is InChI=1S/C12H18N2S/c1-11(2)8-14(6-3-5-13)9-12-4-7-15-10-12/h4,7,10-11H,3,6,8-9H2,1-2H3. The summed E-state index contributed by atoms with van der Waals surface area (Å²) >= 11 is 1.73. The minimum Gasteiger partial charge on any atom is -0.298 e. The molecule has 82 valence electrons. The van der Waals surface area contributed by atoms with Crippen LogP contribution in [0.25, 0.3) is 0 Å². The summed E-state index contributed by atoms with van der Waals surface area (Å²) in [7, 11) is 0. The fourth-order valence-electron chi connectivity index (χ4n) is 1.60. The molecule has 0 saturated carbocycles. The molecule has 0 atom stereocenters. The number of rotatable bonds is 6. The molecule has 1 rings (SSSR count). The van der Waals surface area contributed by atoms with E-state index in [1.165, 1.54) is 5.56 Å². The van der Waals surface area contributed by atoms with E-state index >= 15 is 0 Å². The van der Waals surface area contributed by atoms with Gasteiger partial charge in [0.15, 0.2) is 0 Å². The van der Waals surface area contributed by atoms with E-state index in [1.807, 2.05) is 0 Å². The normalized spacial score (nSPS) is 10.9. The molecule has 1 heterocycles. The fourth-order valence-corrected chi connectivity index (χ4v) is 2.26. The molecule has 0 fully saturated rings. The summed E-state index contributed by atoms with van der Waals surface area (Å²) in [5.74, 6) is 0.655. The molecule has 1 aromatic rings. The SMILES string of the molecule is CC(C)CN(CCC#N)Cc1ccsc1. The molecule has 0 aliphatic carbocycles. The Morgan fingerprint density at radius 1 is 1.53 bits per heavy atom. The summed E-state index contributed by atoms with van der Waals surface area (Å²) in [6, 6.07) is 4.37. The Morgan fingerprint density at radius 2 is 2.33 bits per heavy atom. The van der Waals surface area contributed by atoms with E-state index in [0.717, 1.165) is 19.6 Å². The van der Waals surface area contributed by atoms with E-state index in [0.29, 0.717) is 12.3 Å². The maximum atomic E-state index is 8.60. The molecule has 0 spiro atoms. The Kier molecular flexibility index (Phi) is 5.38. The summed E-state index contributed by atoms with van der Waals surface area (Å²) in [6.07, 6.45) is 0.622. The first-order chi connectivity index (χ1) is 7.22.